The van der Waals surface area contributed by atoms with E-state index in [1.54, 1.807) is 13.1 Å². The van der Waals surface area contributed by atoms with Crippen LogP contribution in [0.25, 0.3) is 0 Å². The van der Waals surface area contributed by atoms with E-state index < -0.39 is 5.91 Å². The molecule has 0 spiro atoms. The third kappa shape index (κ3) is 3.33. The molecule has 1 unspecified atom stereocenters. The Balaban J connectivity index is 1.74. The lowest BCUT2D eigenvalue weighted by molar-refractivity contribution is 0.0793. The Kier molecular flexibility index (Phi) is 4.66. The molecule has 1 aliphatic heterocycles. The number of hydrogen-bond acceptors (Lipinski definition) is 5. The highest BCUT2D eigenvalue weighted by molar-refractivity contribution is 6.02. The largest absolute Gasteiger partial charge is 0.491 e. The van der Waals surface area contributed by atoms with Crippen molar-refractivity contribution in [2.24, 2.45) is 7.05 Å². The maximum Gasteiger partial charge on any atom is 0.273 e. The number of carbonyl (C=O) groups excluding carboxylic acids is 1. The number of anilines is 1. The number of aryl methyl sites for hydroxylation is 1. The molecule has 8 nitrogen and oxygen atoms in total. The van der Waals surface area contributed by atoms with Crippen LogP contribution in [0.3, 0.4) is 0 Å². The van der Waals surface area contributed by atoms with Crippen LogP contribution in [0.15, 0.2) is 23.1 Å². The molecule has 1 aliphatic rings. The molecule has 2 aromatic heterocycles. The third-order valence-corrected chi connectivity index (χ3v) is 4.09. The summed E-state index contributed by atoms with van der Waals surface area (Å²) in [7, 11) is 3.09. The molecule has 3 heterocycles. The van der Waals surface area contributed by atoms with Crippen molar-refractivity contribution in [3.05, 3.63) is 39.9 Å². The van der Waals surface area contributed by atoms with Gasteiger partial charge in [0.25, 0.3) is 5.91 Å². The summed E-state index contributed by atoms with van der Waals surface area (Å²) < 4.78 is 12.0. The summed E-state index contributed by atoms with van der Waals surface area (Å²) >= 11 is 0. The molecule has 24 heavy (non-hydrogen) atoms. The van der Waals surface area contributed by atoms with E-state index in [9.17, 15) is 9.59 Å². The van der Waals surface area contributed by atoms with Crippen LogP contribution in [0.1, 0.15) is 34.9 Å². The predicted molar refractivity (Wildman–Crippen MR) is 87.6 cm³/mol. The molecular weight excluding hydrogens is 312 g/mol. The average molecular weight is 332 g/mol. The number of aromatic nitrogens is 3. The maximum absolute atomic E-state index is 12.4. The Bertz CT molecular complexity index is 790. The van der Waals surface area contributed by atoms with Gasteiger partial charge in [-0.05, 0) is 12.8 Å². The van der Waals surface area contributed by atoms with Gasteiger partial charge >= 0.3 is 0 Å². The summed E-state index contributed by atoms with van der Waals surface area (Å²) in [4.78, 5) is 24.2. The number of rotatable bonds is 4. The molecule has 0 aromatic carbocycles. The summed E-state index contributed by atoms with van der Waals surface area (Å²) in [6, 6.07) is 3.05. The van der Waals surface area contributed by atoms with Gasteiger partial charge in [-0.2, -0.15) is 5.10 Å². The van der Waals surface area contributed by atoms with Gasteiger partial charge in [-0.25, -0.2) is 0 Å². The van der Waals surface area contributed by atoms with Crippen molar-refractivity contribution in [3.63, 3.8) is 0 Å². The van der Waals surface area contributed by atoms with E-state index in [4.69, 9.17) is 9.47 Å². The number of ether oxygens (including phenoxy) is 2. The lowest BCUT2D eigenvalue weighted by Gasteiger charge is -2.20. The van der Waals surface area contributed by atoms with Gasteiger partial charge in [-0.3, -0.25) is 14.7 Å². The number of nitrogens with zero attached hydrogens (tertiary/aromatic N) is 2. The maximum atomic E-state index is 12.4. The molecule has 2 N–H and O–H groups in total. The molecule has 8 heteroatoms. The first-order valence-electron chi connectivity index (χ1n) is 7.77. The topological polar surface area (TPSA) is 98.2 Å². The first kappa shape index (κ1) is 16.3. The molecule has 1 saturated heterocycles. The lowest BCUT2D eigenvalue weighted by atomic mass is 9.99. The second-order valence-electron chi connectivity index (χ2n) is 5.78. The van der Waals surface area contributed by atoms with Crippen LogP contribution in [0.2, 0.25) is 0 Å². The fourth-order valence-electron chi connectivity index (χ4n) is 2.76. The van der Waals surface area contributed by atoms with Crippen molar-refractivity contribution in [1.29, 1.82) is 0 Å². The van der Waals surface area contributed by atoms with E-state index in [0.717, 1.165) is 25.1 Å². The van der Waals surface area contributed by atoms with E-state index in [0.29, 0.717) is 12.4 Å². The fraction of sp³-hybridized carbons (Fsp3) is 0.438. The number of nitrogens with one attached hydrogen (secondary N) is 2. The quantitative estimate of drug-likeness (QED) is 0.878. The molecule has 0 aliphatic carbocycles. The minimum atomic E-state index is -0.407. The van der Waals surface area contributed by atoms with Gasteiger partial charge in [0.05, 0.1) is 19.9 Å². The number of amides is 1. The highest BCUT2D eigenvalue weighted by Crippen LogP contribution is 2.25. The summed E-state index contributed by atoms with van der Waals surface area (Å²) in [5.41, 5.74) is 0.822. The van der Waals surface area contributed by atoms with E-state index in [-0.39, 0.29) is 22.8 Å². The third-order valence-electron chi connectivity index (χ3n) is 4.09. The number of hydrogen-bond donors (Lipinski definition) is 2. The number of aromatic amines is 1. The summed E-state index contributed by atoms with van der Waals surface area (Å²) in [6.45, 7) is 1.45. The SMILES string of the molecule is COc1cn(C)c(C(=O)Nc2cc(C3CCCOC3)[nH]n2)cc1=O. The number of methoxy groups -OCH3 is 1. The number of H-pyrrole nitrogens is 1. The zero-order valence-corrected chi connectivity index (χ0v) is 13.7. The Morgan fingerprint density at radius 1 is 1.50 bits per heavy atom. The first-order valence-corrected chi connectivity index (χ1v) is 7.77. The van der Waals surface area contributed by atoms with Crippen molar-refractivity contribution in [3.8, 4) is 5.75 Å². The smallest absolute Gasteiger partial charge is 0.273 e. The number of carbonyl (C=O) groups is 1. The van der Waals surface area contributed by atoms with Gasteiger partial charge in [-0.15, -0.1) is 0 Å². The molecule has 0 bridgehead atoms. The highest BCUT2D eigenvalue weighted by Gasteiger charge is 2.19. The molecule has 1 fully saturated rings. The zero-order chi connectivity index (χ0) is 17.1. The van der Waals surface area contributed by atoms with Gasteiger partial charge in [0.15, 0.2) is 11.6 Å². The molecule has 0 saturated carbocycles. The second kappa shape index (κ2) is 6.88. The van der Waals surface area contributed by atoms with Crippen molar-refractivity contribution in [1.82, 2.24) is 14.8 Å². The van der Waals surface area contributed by atoms with Crippen molar-refractivity contribution in [2.45, 2.75) is 18.8 Å². The van der Waals surface area contributed by atoms with E-state index in [2.05, 4.69) is 15.5 Å². The van der Waals surface area contributed by atoms with E-state index >= 15 is 0 Å². The van der Waals surface area contributed by atoms with Crippen LogP contribution in [0.4, 0.5) is 5.82 Å². The molecular formula is C16H20N4O4. The van der Waals surface area contributed by atoms with Crippen LogP contribution < -0.4 is 15.5 Å². The van der Waals surface area contributed by atoms with Crippen molar-refractivity contribution in [2.75, 3.05) is 25.6 Å². The lowest BCUT2D eigenvalue weighted by Crippen LogP contribution is -2.21. The molecule has 3 rings (SSSR count). The minimum absolute atomic E-state index is 0.188. The van der Waals surface area contributed by atoms with Gasteiger partial charge in [0.2, 0.25) is 5.43 Å². The molecule has 128 valence electrons. The van der Waals surface area contributed by atoms with Crippen molar-refractivity contribution < 1.29 is 14.3 Å². The van der Waals surface area contributed by atoms with E-state index in [1.165, 1.54) is 23.9 Å². The summed E-state index contributed by atoms with van der Waals surface area (Å²) in [5.74, 6) is 0.467. The minimum Gasteiger partial charge on any atom is -0.491 e. The summed E-state index contributed by atoms with van der Waals surface area (Å²) in [5, 5.41) is 9.76. The second-order valence-corrected chi connectivity index (χ2v) is 5.78. The Labute approximate surface area is 138 Å². The van der Waals surface area contributed by atoms with Crippen LogP contribution in [0.5, 0.6) is 5.75 Å². The van der Waals surface area contributed by atoms with Gasteiger partial charge in [0.1, 0.15) is 5.69 Å². The van der Waals surface area contributed by atoms with Crippen LogP contribution >= 0.6 is 0 Å². The highest BCUT2D eigenvalue weighted by atomic mass is 16.5. The van der Waals surface area contributed by atoms with Crippen LogP contribution in [-0.4, -0.2) is 41.0 Å². The van der Waals surface area contributed by atoms with Gasteiger partial charge in [-0.1, -0.05) is 0 Å². The van der Waals surface area contributed by atoms with E-state index in [1.807, 2.05) is 0 Å². The fourth-order valence-corrected chi connectivity index (χ4v) is 2.76. The normalized spacial score (nSPS) is 17.5. The molecule has 1 atom stereocenters. The molecule has 2 aromatic rings. The Morgan fingerprint density at radius 3 is 3.04 bits per heavy atom. The van der Waals surface area contributed by atoms with Crippen LogP contribution in [0, 0.1) is 0 Å². The Morgan fingerprint density at radius 2 is 2.33 bits per heavy atom. The Hall–Kier alpha value is -2.61. The van der Waals surface area contributed by atoms with Gasteiger partial charge in [0, 0.05) is 37.4 Å². The first-order chi connectivity index (χ1) is 11.6. The predicted octanol–water partition coefficient (Wildman–Crippen LogP) is 1.26. The zero-order valence-electron chi connectivity index (χ0n) is 13.7. The molecule has 0 radical (unpaired) electrons. The average Bonchev–Trinajstić information content (AvgIpc) is 3.05. The number of pyridine rings is 1. The standard InChI is InChI=1S/C16H20N4O4/c1-20-8-14(23-2)13(21)7-12(20)16(22)17-15-6-11(18-19-15)10-4-3-5-24-9-10/h6-8,10H,3-5,9H2,1-2H3,(H2,17,18,19,22). The van der Waals surface area contributed by atoms with Gasteiger partial charge < -0.3 is 19.4 Å². The summed E-state index contributed by atoms with van der Waals surface area (Å²) in [6.07, 6.45) is 3.52. The van der Waals surface area contributed by atoms with Crippen molar-refractivity contribution >= 4 is 11.7 Å². The van der Waals surface area contributed by atoms with Crippen LogP contribution in [-0.2, 0) is 11.8 Å². The monoisotopic (exact) mass is 332 g/mol. The molecule has 1 amide bonds.